The fourth-order valence-corrected chi connectivity index (χ4v) is 1.81. The molecule has 112 valence electrons. The van der Waals surface area contributed by atoms with Crippen LogP contribution in [0.3, 0.4) is 0 Å². The van der Waals surface area contributed by atoms with Gasteiger partial charge in [-0.1, -0.05) is 23.4 Å². The maximum absolute atomic E-state index is 5.67. The number of nitrogens with one attached hydrogen (secondary N) is 1. The molecule has 0 aliphatic heterocycles. The van der Waals surface area contributed by atoms with E-state index in [1.54, 1.807) is 13.3 Å². The number of hydrogen-bond donors (Lipinski definition) is 1. The van der Waals surface area contributed by atoms with Gasteiger partial charge in [0.25, 0.3) is 0 Å². The molecular weight excluding hydrogens is 268 g/mol. The molecule has 0 aliphatic carbocycles. The lowest BCUT2D eigenvalue weighted by molar-refractivity contribution is 0.281. The first-order valence-electron chi connectivity index (χ1n) is 6.78. The number of hydrogen-bond acceptors (Lipinski definition) is 4. The van der Waals surface area contributed by atoms with Crippen molar-refractivity contribution in [1.29, 1.82) is 0 Å². The molecule has 2 aromatic rings. The van der Waals surface area contributed by atoms with Crippen molar-refractivity contribution in [2.45, 2.75) is 6.54 Å². The number of ether oxygens (including phenoxy) is 1. The molecule has 0 spiro atoms. The SMILES string of the molecule is CN=C(NCc1ccon1)N(C)CCOc1ccccc1. The second kappa shape index (κ2) is 7.94. The van der Waals surface area contributed by atoms with Crippen LogP contribution in [0.4, 0.5) is 0 Å². The molecule has 1 aromatic carbocycles. The van der Waals surface area contributed by atoms with Gasteiger partial charge in [-0.05, 0) is 12.1 Å². The average Bonchev–Trinajstić information content (AvgIpc) is 3.02. The van der Waals surface area contributed by atoms with E-state index < -0.39 is 0 Å². The minimum Gasteiger partial charge on any atom is -0.492 e. The molecule has 1 N–H and O–H groups in total. The largest absolute Gasteiger partial charge is 0.492 e. The van der Waals surface area contributed by atoms with Crippen molar-refractivity contribution in [2.24, 2.45) is 4.99 Å². The van der Waals surface area contributed by atoms with E-state index in [9.17, 15) is 0 Å². The van der Waals surface area contributed by atoms with Crippen molar-refractivity contribution in [2.75, 3.05) is 27.2 Å². The zero-order valence-corrected chi connectivity index (χ0v) is 12.3. The van der Waals surface area contributed by atoms with Gasteiger partial charge < -0.3 is 19.5 Å². The molecule has 1 aromatic heterocycles. The van der Waals surface area contributed by atoms with Crippen LogP contribution in [0.25, 0.3) is 0 Å². The van der Waals surface area contributed by atoms with Crippen LogP contribution in [-0.4, -0.2) is 43.3 Å². The molecule has 2 rings (SSSR count). The predicted molar refractivity (Wildman–Crippen MR) is 81.3 cm³/mol. The number of aromatic nitrogens is 1. The minimum absolute atomic E-state index is 0.576. The molecule has 0 fully saturated rings. The van der Waals surface area contributed by atoms with E-state index in [1.165, 1.54) is 0 Å². The Hall–Kier alpha value is -2.50. The zero-order valence-electron chi connectivity index (χ0n) is 12.3. The summed E-state index contributed by atoms with van der Waals surface area (Å²) in [5.74, 6) is 1.66. The monoisotopic (exact) mass is 288 g/mol. The molecule has 0 radical (unpaired) electrons. The smallest absolute Gasteiger partial charge is 0.193 e. The highest BCUT2D eigenvalue weighted by atomic mass is 16.5. The molecule has 1 heterocycles. The number of guanidine groups is 1. The van der Waals surface area contributed by atoms with Gasteiger partial charge in [0.2, 0.25) is 0 Å². The quantitative estimate of drug-likeness (QED) is 0.648. The highest BCUT2D eigenvalue weighted by Crippen LogP contribution is 2.07. The van der Waals surface area contributed by atoms with Crippen LogP contribution >= 0.6 is 0 Å². The van der Waals surface area contributed by atoms with Gasteiger partial charge in [0.1, 0.15) is 24.3 Å². The number of likely N-dealkylation sites (N-methyl/N-ethyl adjacent to an activating group) is 1. The molecule has 0 saturated heterocycles. The number of rotatable bonds is 6. The maximum atomic E-state index is 5.67. The molecule has 0 unspecified atom stereocenters. The first-order chi connectivity index (χ1) is 10.3. The maximum Gasteiger partial charge on any atom is 0.193 e. The van der Waals surface area contributed by atoms with Crippen LogP contribution in [0, 0.1) is 0 Å². The summed E-state index contributed by atoms with van der Waals surface area (Å²) in [5.41, 5.74) is 0.838. The Kier molecular flexibility index (Phi) is 5.63. The van der Waals surface area contributed by atoms with E-state index in [2.05, 4.69) is 15.5 Å². The number of para-hydroxylation sites is 1. The lowest BCUT2D eigenvalue weighted by Gasteiger charge is -2.21. The number of nitrogens with zero attached hydrogens (tertiary/aromatic N) is 3. The summed E-state index contributed by atoms with van der Waals surface area (Å²) in [5, 5.41) is 7.07. The molecule has 6 nitrogen and oxygen atoms in total. The standard InChI is InChI=1S/C15H20N4O2/c1-16-15(17-12-13-8-10-21-18-13)19(2)9-11-20-14-6-4-3-5-7-14/h3-8,10H,9,11-12H2,1-2H3,(H,16,17). The van der Waals surface area contributed by atoms with Gasteiger partial charge >= 0.3 is 0 Å². The Morgan fingerprint density at radius 2 is 2.14 bits per heavy atom. The summed E-state index contributed by atoms with van der Waals surface area (Å²) >= 11 is 0. The van der Waals surface area contributed by atoms with Crippen molar-refractivity contribution >= 4 is 5.96 Å². The second-order valence-corrected chi connectivity index (χ2v) is 4.47. The normalized spacial score (nSPS) is 11.2. The van der Waals surface area contributed by atoms with E-state index in [-0.39, 0.29) is 0 Å². The number of aliphatic imine (C=N–C) groups is 1. The van der Waals surface area contributed by atoms with E-state index in [1.807, 2.05) is 48.3 Å². The first-order valence-corrected chi connectivity index (χ1v) is 6.78. The lowest BCUT2D eigenvalue weighted by Crippen LogP contribution is -2.40. The molecule has 0 saturated carbocycles. The molecule has 0 atom stereocenters. The summed E-state index contributed by atoms with van der Waals surface area (Å²) in [6.45, 7) is 1.89. The Labute approximate surface area is 124 Å². The van der Waals surface area contributed by atoms with Crippen LogP contribution in [0.2, 0.25) is 0 Å². The molecular formula is C15H20N4O2. The van der Waals surface area contributed by atoms with Gasteiger partial charge in [0.15, 0.2) is 5.96 Å². The summed E-state index contributed by atoms with van der Waals surface area (Å²) in [4.78, 5) is 6.23. The second-order valence-electron chi connectivity index (χ2n) is 4.47. The van der Waals surface area contributed by atoms with Gasteiger partial charge in [0.05, 0.1) is 13.1 Å². The van der Waals surface area contributed by atoms with Gasteiger partial charge in [-0.15, -0.1) is 0 Å². The van der Waals surface area contributed by atoms with Crippen molar-refractivity contribution in [3.8, 4) is 5.75 Å². The highest BCUT2D eigenvalue weighted by molar-refractivity contribution is 5.79. The van der Waals surface area contributed by atoms with Crippen LogP contribution in [0.1, 0.15) is 5.69 Å². The molecule has 0 aliphatic rings. The summed E-state index contributed by atoms with van der Waals surface area (Å²) in [7, 11) is 3.71. The number of benzene rings is 1. The van der Waals surface area contributed by atoms with Gasteiger partial charge in [-0.25, -0.2) is 0 Å². The summed E-state index contributed by atoms with van der Waals surface area (Å²) in [6.07, 6.45) is 1.55. The van der Waals surface area contributed by atoms with Crippen LogP contribution in [0.15, 0.2) is 52.2 Å². The third kappa shape index (κ3) is 4.83. The first kappa shape index (κ1) is 14.9. The lowest BCUT2D eigenvalue weighted by atomic mass is 10.3. The van der Waals surface area contributed by atoms with Crippen molar-refractivity contribution in [3.63, 3.8) is 0 Å². The molecule has 0 amide bonds. The minimum atomic E-state index is 0.576. The van der Waals surface area contributed by atoms with Crippen molar-refractivity contribution < 1.29 is 9.26 Å². The summed E-state index contributed by atoms with van der Waals surface area (Å²) < 4.78 is 10.5. The van der Waals surface area contributed by atoms with Crippen LogP contribution in [-0.2, 0) is 6.54 Å². The molecule has 6 heteroatoms. The fraction of sp³-hybridized carbons (Fsp3) is 0.333. The van der Waals surface area contributed by atoms with E-state index in [0.717, 1.165) is 23.9 Å². The average molecular weight is 288 g/mol. The molecule has 21 heavy (non-hydrogen) atoms. The topological polar surface area (TPSA) is 62.9 Å². The van der Waals surface area contributed by atoms with Crippen molar-refractivity contribution in [1.82, 2.24) is 15.4 Å². The van der Waals surface area contributed by atoms with Gasteiger partial charge in [-0.2, -0.15) is 0 Å². The van der Waals surface area contributed by atoms with Crippen LogP contribution in [0.5, 0.6) is 5.75 Å². The third-order valence-electron chi connectivity index (χ3n) is 2.93. The van der Waals surface area contributed by atoms with Gasteiger partial charge in [-0.3, -0.25) is 4.99 Å². The fourth-order valence-electron chi connectivity index (χ4n) is 1.81. The third-order valence-corrected chi connectivity index (χ3v) is 2.93. The van der Waals surface area contributed by atoms with E-state index in [0.29, 0.717) is 13.2 Å². The van der Waals surface area contributed by atoms with Crippen LogP contribution < -0.4 is 10.1 Å². The highest BCUT2D eigenvalue weighted by Gasteiger charge is 2.06. The molecule has 0 bridgehead atoms. The van der Waals surface area contributed by atoms with Gasteiger partial charge in [0, 0.05) is 20.2 Å². The Balaban J connectivity index is 1.74. The Bertz CT molecular complexity index is 540. The Morgan fingerprint density at radius 1 is 1.33 bits per heavy atom. The van der Waals surface area contributed by atoms with E-state index >= 15 is 0 Å². The predicted octanol–water partition coefficient (Wildman–Crippen LogP) is 1.76. The Morgan fingerprint density at radius 3 is 2.81 bits per heavy atom. The zero-order chi connectivity index (χ0) is 14.9. The van der Waals surface area contributed by atoms with Crippen molar-refractivity contribution in [3.05, 3.63) is 48.4 Å². The van der Waals surface area contributed by atoms with E-state index in [4.69, 9.17) is 9.26 Å². The summed E-state index contributed by atoms with van der Waals surface area (Å²) in [6, 6.07) is 11.6.